The Bertz CT molecular complexity index is 1320. The van der Waals surface area contributed by atoms with Crippen molar-refractivity contribution in [1.29, 1.82) is 0 Å². The molecule has 9 heteroatoms. The van der Waals surface area contributed by atoms with E-state index in [4.69, 9.17) is 5.11 Å². The van der Waals surface area contributed by atoms with Gasteiger partial charge in [0.05, 0.1) is 46.1 Å². The molecule has 158 valence electrons. The molecule has 0 atom stereocenters. The number of aliphatic hydroxyl groups is 1. The van der Waals surface area contributed by atoms with E-state index in [1.807, 2.05) is 35.2 Å². The predicted octanol–water partition coefficient (Wildman–Crippen LogP) is 1.96. The molecular weight excluding hydrogens is 414 g/mol. The molecule has 2 aromatic heterocycles. The normalized spacial score (nSPS) is 14.5. The van der Waals surface area contributed by atoms with Crippen molar-refractivity contribution in [2.24, 2.45) is 0 Å². The Morgan fingerprint density at radius 1 is 1.03 bits per heavy atom. The summed E-state index contributed by atoms with van der Waals surface area (Å²) in [6.45, 7) is 2.80. The molecule has 0 aliphatic carbocycles. The molecule has 5 rings (SSSR count). The third-order valence-electron chi connectivity index (χ3n) is 5.66. The van der Waals surface area contributed by atoms with Crippen LogP contribution in [0.2, 0.25) is 0 Å². The fourth-order valence-electron chi connectivity index (χ4n) is 3.95. The Morgan fingerprint density at radius 3 is 2.68 bits per heavy atom. The quantitative estimate of drug-likeness (QED) is 0.527. The summed E-state index contributed by atoms with van der Waals surface area (Å²) < 4.78 is 2.43. The smallest absolute Gasteiger partial charge is 0.261 e. The second-order valence-corrected chi connectivity index (χ2v) is 8.37. The molecule has 0 spiro atoms. The highest BCUT2D eigenvalue weighted by Crippen LogP contribution is 2.23. The van der Waals surface area contributed by atoms with E-state index in [-0.39, 0.29) is 24.6 Å². The summed E-state index contributed by atoms with van der Waals surface area (Å²) in [4.78, 5) is 38.1. The fourth-order valence-corrected chi connectivity index (χ4v) is 4.67. The number of carbonyl (C=O) groups excluding carboxylic acids is 1. The van der Waals surface area contributed by atoms with Crippen LogP contribution in [0.25, 0.3) is 21.1 Å². The zero-order valence-corrected chi connectivity index (χ0v) is 17.6. The Morgan fingerprint density at radius 2 is 1.87 bits per heavy atom. The lowest BCUT2D eigenvalue weighted by atomic mass is 10.1. The maximum atomic E-state index is 12.9. The minimum Gasteiger partial charge on any atom is -0.395 e. The largest absolute Gasteiger partial charge is 0.395 e. The van der Waals surface area contributed by atoms with Gasteiger partial charge in [-0.3, -0.25) is 14.2 Å². The van der Waals surface area contributed by atoms with Crippen molar-refractivity contribution in [2.45, 2.75) is 6.54 Å². The molecule has 8 nitrogen and oxygen atoms in total. The SMILES string of the molecule is O=C(c1ccc2ncsc2c1)N1CCN(c2ccc3c(=O)n(CCO)cnc3c2)CC1. The van der Waals surface area contributed by atoms with E-state index in [1.165, 1.54) is 22.2 Å². The van der Waals surface area contributed by atoms with Crippen molar-refractivity contribution in [2.75, 3.05) is 37.7 Å². The third-order valence-corrected chi connectivity index (χ3v) is 6.45. The predicted molar refractivity (Wildman–Crippen MR) is 121 cm³/mol. The van der Waals surface area contributed by atoms with Gasteiger partial charge in [-0.05, 0) is 36.4 Å². The summed E-state index contributed by atoms with van der Waals surface area (Å²) in [6.07, 6.45) is 1.47. The van der Waals surface area contributed by atoms with Gasteiger partial charge >= 0.3 is 0 Å². The molecule has 0 saturated carbocycles. The first-order valence-electron chi connectivity index (χ1n) is 10.1. The average molecular weight is 436 g/mol. The number of fused-ring (bicyclic) bond motifs is 2. The van der Waals surface area contributed by atoms with Gasteiger partial charge < -0.3 is 14.9 Å². The van der Waals surface area contributed by atoms with Crippen molar-refractivity contribution < 1.29 is 9.90 Å². The first-order valence-corrected chi connectivity index (χ1v) is 11.0. The van der Waals surface area contributed by atoms with Crippen LogP contribution >= 0.6 is 11.3 Å². The van der Waals surface area contributed by atoms with Crippen molar-refractivity contribution in [3.05, 3.63) is 64.2 Å². The number of anilines is 1. The number of carbonyl (C=O) groups is 1. The number of thiazole rings is 1. The molecule has 0 radical (unpaired) electrons. The Hall–Kier alpha value is -3.30. The molecule has 0 bridgehead atoms. The van der Waals surface area contributed by atoms with E-state index >= 15 is 0 Å². The van der Waals surface area contributed by atoms with Gasteiger partial charge in [-0.1, -0.05) is 0 Å². The molecule has 3 heterocycles. The van der Waals surface area contributed by atoms with Crippen LogP contribution in [0.4, 0.5) is 5.69 Å². The molecule has 4 aromatic rings. The molecule has 1 saturated heterocycles. The zero-order chi connectivity index (χ0) is 21.4. The molecule has 0 unspecified atom stereocenters. The highest BCUT2D eigenvalue weighted by Gasteiger charge is 2.23. The first kappa shape index (κ1) is 19.7. The van der Waals surface area contributed by atoms with Gasteiger partial charge in [-0.15, -0.1) is 11.3 Å². The van der Waals surface area contributed by atoms with Crippen LogP contribution in [0.15, 0.2) is 53.0 Å². The van der Waals surface area contributed by atoms with E-state index in [0.717, 1.165) is 15.9 Å². The van der Waals surface area contributed by atoms with Crippen LogP contribution in [0.3, 0.4) is 0 Å². The topological polar surface area (TPSA) is 91.6 Å². The monoisotopic (exact) mass is 435 g/mol. The first-order chi connectivity index (χ1) is 15.1. The maximum absolute atomic E-state index is 12.9. The Balaban J connectivity index is 1.30. The summed E-state index contributed by atoms with van der Waals surface area (Å²) in [6, 6.07) is 11.3. The standard InChI is InChI=1S/C22H21N5O3S/c28-10-9-27-13-23-19-12-16(2-3-17(19)22(27)30)25-5-7-26(8-6-25)21(29)15-1-4-18-20(11-15)31-14-24-18/h1-4,11-14,28H,5-10H2. The van der Waals surface area contributed by atoms with Crippen molar-refractivity contribution in [3.63, 3.8) is 0 Å². The van der Waals surface area contributed by atoms with Crippen LogP contribution < -0.4 is 10.5 Å². The highest BCUT2D eigenvalue weighted by molar-refractivity contribution is 7.16. The van der Waals surface area contributed by atoms with Gasteiger partial charge in [0.15, 0.2) is 0 Å². The van der Waals surface area contributed by atoms with Crippen LogP contribution in [-0.2, 0) is 6.54 Å². The highest BCUT2D eigenvalue weighted by atomic mass is 32.1. The van der Waals surface area contributed by atoms with Crippen molar-refractivity contribution in [1.82, 2.24) is 19.4 Å². The maximum Gasteiger partial charge on any atom is 0.261 e. The molecule has 1 N–H and O–H groups in total. The zero-order valence-electron chi connectivity index (χ0n) is 16.8. The van der Waals surface area contributed by atoms with Crippen molar-refractivity contribution >= 4 is 44.1 Å². The summed E-state index contributed by atoms with van der Waals surface area (Å²) in [5.41, 5.74) is 4.86. The van der Waals surface area contributed by atoms with E-state index < -0.39 is 0 Å². The van der Waals surface area contributed by atoms with Crippen LogP contribution in [-0.4, -0.2) is 63.2 Å². The third kappa shape index (κ3) is 3.66. The van der Waals surface area contributed by atoms with Gasteiger partial charge in [0.1, 0.15) is 0 Å². The number of rotatable bonds is 4. The lowest BCUT2D eigenvalue weighted by Gasteiger charge is -2.36. The lowest BCUT2D eigenvalue weighted by molar-refractivity contribution is 0.0747. The van der Waals surface area contributed by atoms with E-state index in [2.05, 4.69) is 14.9 Å². The van der Waals surface area contributed by atoms with Gasteiger partial charge in [0.2, 0.25) is 0 Å². The second-order valence-electron chi connectivity index (χ2n) is 7.48. The van der Waals surface area contributed by atoms with E-state index in [1.54, 1.807) is 11.6 Å². The van der Waals surface area contributed by atoms with Crippen LogP contribution in [0.1, 0.15) is 10.4 Å². The summed E-state index contributed by atoms with van der Waals surface area (Å²) in [5.74, 6) is 0.0413. The minimum absolute atomic E-state index is 0.0413. The number of aliphatic hydroxyl groups excluding tert-OH is 1. The summed E-state index contributed by atoms with van der Waals surface area (Å²) >= 11 is 1.54. The van der Waals surface area contributed by atoms with E-state index in [9.17, 15) is 9.59 Å². The number of benzene rings is 2. The van der Waals surface area contributed by atoms with Gasteiger partial charge in [-0.2, -0.15) is 0 Å². The molecule has 1 fully saturated rings. The molecule has 1 aliphatic rings. The van der Waals surface area contributed by atoms with E-state index in [0.29, 0.717) is 42.6 Å². The van der Waals surface area contributed by atoms with Crippen molar-refractivity contribution in [3.8, 4) is 0 Å². The van der Waals surface area contributed by atoms with Gasteiger partial charge in [0, 0.05) is 37.4 Å². The number of hydrogen-bond acceptors (Lipinski definition) is 7. The number of hydrogen-bond donors (Lipinski definition) is 1. The minimum atomic E-state index is -0.154. The Kier molecular flexibility index (Phi) is 5.13. The lowest BCUT2D eigenvalue weighted by Crippen LogP contribution is -2.48. The number of piperazine rings is 1. The molecule has 1 aliphatic heterocycles. The number of nitrogens with zero attached hydrogens (tertiary/aromatic N) is 5. The molecule has 31 heavy (non-hydrogen) atoms. The van der Waals surface area contributed by atoms with Gasteiger partial charge in [-0.25, -0.2) is 9.97 Å². The fraction of sp³-hybridized carbons (Fsp3) is 0.273. The molecule has 1 amide bonds. The summed E-state index contributed by atoms with van der Waals surface area (Å²) in [7, 11) is 0. The molecular formula is C22H21N5O3S. The van der Waals surface area contributed by atoms with Crippen LogP contribution in [0.5, 0.6) is 0 Å². The molecule has 2 aromatic carbocycles. The average Bonchev–Trinajstić information content (AvgIpc) is 3.28. The number of amides is 1. The van der Waals surface area contributed by atoms with Gasteiger partial charge in [0.25, 0.3) is 11.5 Å². The Labute approximate surface area is 182 Å². The van der Waals surface area contributed by atoms with Crippen LogP contribution in [0, 0.1) is 0 Å². The second kappa shape index (κ2) is 8.09. The number of aromatic nitrogens is 3. The summed E-state index contributed by atoms with van der Waals surface area (Å²) in [5, 5.41) is 9.61.